The number of hydrogen-bond acceptors (Lipinski definition) is 2. The van der Waals surface area contributed by atoms with Crippen LogP contribution < -0.4 is 0 Å². The van der Waals surface area contributed by atoms with E-state index in [0.29, 0.717) is 0 Å². The highest BCUT2D eigenvalue weighted by atomic mass is 14.8. The number of nitrogens with zero attached hydrogens (tertiary/aromatic N) is 2. The molecule has 32 heavy (non-hydrogen) atoms. The van der Waals surface area contributed by atoms with Gasteiger partial charge in [-0.1, -0.05) is 13.8 Å². The molecule has 0 saturated carbocycles. The van der Waals surface area contributed by atoms with Crippen LogP contribution in [0.25, 0.3) is 33.2 Å². The lowest BCUT2D eigenvalue weighted by Crippen LogP contribution is -2.15. The summed E-state index contributed by atoms with van der Waals surface area (Å²) in [4.78, 5) is 17.4. The Balaban J connectivity index is 1.97. The van der Waals surface area contributed by atoms with Crippen LogP contribution in [0.2, 0.25) is 0 Å². The van der Waals surface area contributed by atoms with E-state index in [1.807, 2.05) is 0 Å². The zero-order valence-electron chi connectivity index (χ0n) is 20.4. The normalized spacial score (nSPS) is 15.5. The van der Waals surface area contributed by atoms with Gasteiger partial charge < -0.3 is 9.97 Å². The summed E-state index contributed by atoms with van der Waals surface area (Å²) in [5.74, 6) is 0. The highest BCUT2D eigenvalue weighted by molar-refractivity contribution is 5.91. The van der Waals surface area contributed by atoms with E-state index in [4.69, 9.17) is 9.97 Å². The molecule has 4 heteroatoms. The molecular formula is C28H32N4. The Morgan fingerprint density at radius 1 is 0.625 bits per heavy atom. The van der Waals surface area contributed by atoms with Gasteiger partial charge in [-0.3, -0.25) is 4.98 Å². The Kier molecular flexibility index (Phi) is 4.49. The summed E-state index contributed by atoms with van der Waals surface area (Å²) >= 11 is 0. The zero-order valence-corrected chi connectivity index (χ0v) is 20.4. The number of aromatic nitrogens is 4. The first-order chi connectivity index (χ1) is 15.0. The second kappa shape index (κ2) is 6.93. The van der Waals surface area contributed by atoms with Crippen molar-refractivity contribution in [3.63, 3.8) is 0 Å². The van der Waals surface area contributed by atoms with E-state index < -0.39 is 0 Å². The van der Waals surface area contributed by atoms with Gasteiger partial charge in [0.05, 0.1) is 11.4 Å². The monoisotopic (exact) mass is 424 g/mol. The topological polar surface area (TPSA) is 57.4 Å². The molecular weight excluding hydrogens is 392 g/mol. The smallest absolute Gasteiger partial charge is 0.0690 e. The van der Waals surface area contributed by atoms with Gasteiger partial charge >= 0.3 is 0 Å². The largest absolute Gasteiger partial charge is 0.355 e. The lowest BCUT2D eigenvalue weighted by molar-refractivity contribution is 0.543. The Morgan fingerprint density at radius 3 is 1.66 bits per heavy atom. The fraction of sp³-hybridized carbons (Fsp3) is 0.357. The molecule has 0 fully saturated rings. The summed E-state index contributed by atoms with van der Waals surface area (Å²) in [5.41, 5.74) is 16.3. The molecule has 0 atom stereocenters. The highest BCUT2D eigenvalue weighted by Gasteiger charge is 2.29. The number of rotatable bonds is 0. The second-order valence-corrected chi connectivity index (χ2v) is 10.2. The fourth-order valence-electron chi connectivity index (χ4n) is 4.79. The first-order valence-electron chi connectivity index (χ1n) is 11.4. The second-order valence-electron chi connectivity index (χ2n) is 10.2. The molecule has 0 spiro atoms. The molecule has 3 aromatic rings. The van der Waals surface area contributed by atoms with Gasteiger partial charge in [0.25, 0.3) is 0 Å². The van der Waals surface area contributed by atoms with Crippen molar-refractivity contribution in [3.05, 3.63) is 69.3 Å². The first-order valence-corrected chi connectivity index (χ1v) is 11.4. The molecule has 4 nitrogen and oxygen atoms in total. The van der Waals surface area contributed by atoms with Crippen molar-refractivity contribution in [1.82, 2.24) is 19.9 Å². The third kappa shape index (κ3) is 3.12. The number of hydrogen-bond donors (Lipinski definition) is 2. The molecule has 0 aromatic carbocycles. The van der Waals surface area contributed by atoms with Crippen LogP contribution in [0.1, 0.15) is 72.7 Å². The van der Waals surface area contributed by atoms with Crippen molar-refractivity contribution in [3.8, 4) is 0 Å². The molecule has 0 amide bonds. The lowest BCUT2D eigenvalue weighted by atomic mass is 9.86. The average Bonchev–Trinajstić information content (AvgIpc) is 3.35. The summed E-state index contributed by atoms with van der Waals surface area (Å²) in [6, 6.07) is 8.84. The standard InChI is InChI=1S/C28H32N4/c1-14-15(2)22-10-23-16(3)17(4)24(31-23)11-25-18(5)19(6)26(32-25)12-27-28(7,8)13-20(29-27)9-21(14)30-22/h9-12,30-31H,13H2,1-8H3. The minimum absolute atomic E-state index is 0.0187. The lowest BCUT2D eigenvalue weighted by Gasteiger charge is -2.16. The molecule has 5 heterocycles. The van der Waals surface area contributed by atoms with Crippen LogP contribution in [-0.4, -0.2) is 19.9 Å². The first kappa shape index (κ1) is 20.7. The van der Waals surface area contributed by atoms with Crippen LogP contribution in [0.15, 0.2) is 24.3 Å². The van der Waals surface area contributed by atoms with Crippen LogP contribution in [-0.2, 0) is 11.8 Å². The van der Waals surface area contributed by atoms with E-state index in [-0.39, 0.29) is 5.41 Å². The average molecular weight is 425 g/mol. The van der Waals surface area contributed by atoms with Crippen molar-refractivity contribution >= 4 is 33.2 Å². The molecule has 8 bridgehead atoms. The quantitative estimate of drug-likeness (QED) is 0.407. The summed E-state index contributed by atoms with van der Waals surface area (Å²) in [5, 5.41) is 0. The highest BCUT2D eigenvalue weighted by Crippen LogP contribution is 2.35. The van der Waals surface area contributed by atoms with Gasteiger partial charge in [0.2, 0.25) is 0 Å². The third-order valence-corrected chi connectivity index (χ3v) is 7.59. The molecule has 0 unspecified atom stereocenters. The van der Waals surface area contributed by atoms with Crippen molar-refractivity contribution in [2.45, 2.75) is 67.2 Å². The molecule has 2 aliphatic heterocycles. The van der Waals surface area contributed by atoms with E-state index in [1.54, 1.807) is 0 Å². The number of nitrogens with one attached hydrogen (secondary N) is 2. The summed E-state index contributed by atoms with van der Waals surface area (Å²) in [6.07, 6.45) is 0.922. The molecule has 164 valence electrons. The number of allylic oxidation sites excluding steroid dienone is 2. The van der Waals surface area contributed by atoms with Gasteiger partial charge in [-0.25, -0.2) is 4.98 Å². The van der Waals surface area contributed by atoms with Crippen molar-refractivity contribution < 1.29 is 0 Å². The van der Waals surface area contributed by atoms with Crippen LogP contribution in [0.3, 0.4) is 0 Å². The number of aromatic amines is 2. The number of aryl methyl sites for hydroxylation is 4. The van der Waals surface area contributed by atoms with E-state index >= 15 is 0 Å². The van der Waals surface area contributed by atoms with Crippen LogP contribution in [0.4, 0.5) is 0 Å². The van der Waals surface area contributed by atoms with Crippen molar-refractivity contribution in [2.75, 3.05) is 0 Å². The van der Waals surface area contributed by atoms with Crippen molar-refractivity contribution in [1.29, 1.82) is 0 Å². The predicted molar refractivity (Wildman–Crippen MR) is 135 cm³/mol. The zero-order chi connectivity index (χ0) is 22.9. The minimum Gasteiger partial charge on any atom is -0.355 e. The van der Waals surface area contributed by atoms with E-state index in [9.17, 15) is 0 Å². The predicted octanol–water partition coefficient (Wildman–Crippen LogP) is 7.02. The molecule has 0 saturated heterocycles. The number of fused-ring (bicyclic) bond motifs is 8. The van der Waals surface area contributed by atoms with E-state index in [1.165, 1.54) is 33.4 Å². The van der Waals surface area contributed by atoms with Gasteiger partial charge in [-0.15, -0.1) is 0 Å². The molecule has 2 N–H and O–H groups in total. The van der Waals surface area contributed by atoms with Gasteiger partial charge in [-0.05, 0) is 99.2 Å². The van der Waals surface area contributed by atoms with Crippen molar-refractivity contribution in [2.24, 2.45) is 0 Å². The van der Waals surface area contributed by atoms with E-state index in [0.717, 1.165) is 51.3 Å². The van der Waals surface area contributed by atoms with E-state index in [2.05, 4.69) is 89.6 Å². The Morgan fingerprint density at radius 2 is 1.09 bits per heavy atom. The summed E-state index contributed by atoms with van der Waals surface area (Å²) < 4.78 is 0. The molecule has 3 aromatic heterocycles. The van der Waals surface area contributed by atoms with Crippen LogP contribution in [0, 0.1) is 27.7 Å². The molecule has 0 aliphatic carbocycles. The molecule has 5 rings (SSSR count). The number of H-pyrrole nitrogens is 2. The summed E-state index contributed by atoms with van der Waals surface area (Å²) in [7, 11) is 0. The Bertz CT molecular complexity index is 1470. The Labute approximate surface area is 189 Å². The van der Waals surface area contributed by atoms with Gasteiger partial charge in [-0.2, -0.15) is 0 Å². The maximum Gasteiger partial charge on any atom is 0.0690 e. The molecule has 2 aliphatic rings. The minimum atomic E-state index is -0.0187. The maximum atomic E-state index is 5.05. The fourth-order valence-corrected chi connectivity index (χ4v) is 4.79. The van der Waals surface area contributed by atoms with Gasteiger partial charge in [0.1, 0.15) is 0 Å². The Hall–Kier alpha value is -3.14. The molecule has 0 radical (unpaired) electrons. The van der Waals surface area contributed by atoms with Gasteiger partial charge in [0, 0.05) is 45.3 Å². The van der Waals surface area contributed by atoms with Crippen LogP contribution >= 0.6 is 0 Å². The SMILES string of the molecule is CC1=C(C)c2cc3[nH]c(cc4[nH]c(cc5nc(cc1n2)C(C)(C)C5)c(C)c4C)c(C)c3C. The third-order valence-electron chi connectivity index (χ3n) is 7.59. The maximum absolute atomic E-state index is 5.05. The summed E-state index contributed by atoms with van der Waals surface area (Å²) in [6.45, 7) is 17.6. The van der Waals surface area contributed by atoms with Gasteiger partial charge in [0.15, 0.2) is 0 Å². The van der Waals surface area contributed by atoms with Crippen LogP contribution in [0.5, 0.6) is 0 Å².